The van der Waals surface area contributed by atoms with Crippen molar-refractivity contribution in [3.8, 4) is 0 Å². The molecule has 1 aliphatic heterocycles. The van der Waals surface area contributed by atoms with E-state index in [1.54, 1.807) is 13.8 Å². The lowest BCUT2D eigenvalue weighted by Crippen LogP contribution is -2.57. The molecule has 0 bridgehead atoms. The van der Waals surface area contributed by atoms with Crippen LogP contribution in [0.1, 0.15) is 74.1 Å². The molecule has 0 N–H and O–H groups in total. The van der Waals surface area contributed by atoms with Crippen LogP contribution in [0.5, 0.6) is 0 Å². The van der Waals surface area contributed by atoms with Crippen LogP contribution in [0, 0.1) is 28.6 Å². The summed E-state index contributed by atoms with van der Waals surface area (Å²) in [5, 5.41) is 0. The zero-order chi connectivity index (χ0) is 26.1. The van der Waals surface area contributed by atoms with Gasteiger partial charge in [0.05, 0.1) is 11.3 Å². The van der Waals surface area contributed by atoms with E-state index in [9.17, 15) is 14.4 Å². The first kappa shape index (κ1) is 27.2. The Morgan fingerprint density at radius 2 is 1.83 bits per heavy atom. The summed E-state index contributed by atoms with van der Waals surface area (Å²) >= 11 is 0. The molecule has 0 aromatic carbocycles. The molecule has 1 heterocycles. The quantitative estimate of drug-likeness (QED) is 0.209. The van der Waals surface area contributed by atoms with Crippen LogP contribution in [0.3, 0.4) is 0 Å². The van der Waals surface area contributed by atoms with Crippen molar-refractivity contribution < 1.29 is 33.3 Å². The second kappa shape index (κ2) is 10.3. The zero-order valence-corrected chi connectivity index (χ0v) is 22.1. The topological polar surface area (TPSA) is 88.1 Å². The van der Waals surface area contributed by atoms with Crippen molar-refractivity contribution in [3.63, 3.8) is 0 Å². The van der Waals surface area contributed by atoms with Crippen molar-refractivity contribution in [2.24, 2.45) is 28.6 Å². The van der Waals surface area contributed by atoms with E-state index >= 15 is 0 Å². The Morgan fingerprint density at radius 3 is 2.40 bits per heavy atom. The fourth-order valence-electron chi connectivity index (χ4n) is 6.10. The molecule has 35 heavy (non-hydrogen) atoms. The molecule has 3 rings (SSSR count). The van der Waals surface area contributed by atoms with Gasteiger partial charge in [-0.25, -0.2) is 0 Å². The molecule has 1 spiro atoms. The highest BCUT2D eigenvalue weighted by Crippen LogP contribution is 2.67. The maximum Gasteiger partial charge on any atom is 0.308 e. The van der Waals surface area contributed by atoms with Gasteiger partial charge in [-0.15, -0.1) is 0 Å². The molecule has 2 aliphatic carbocycles. The van der Waals surface area contributed by atoms with Crippen LogP contribution in [0.15, 0.2) is 36.0 Å². The Hall–Kier alpha value is -2.41. The van der Waals surface area contributed by atoms with E-state index < -0.39 is 36.0 Å². The standard InChI is InChI=1S/C28H40O7/c1-9-17(4)10-12-27(8)18(5)11-13-28-22(14-21(15-23(27)28)34-24(31)16(2)3)25(32-19(6)29)35-26(28)33-20(7)30/h9-10,14,16,18,21,23,25-26H,1,11-13,15H2,2-8H3/b17-10+/t18-,21+,23+,25+,26-,27-,28-/m1/s1. The molecule has 2 fully saturated rings. The van der Waals surface area contributed by atoms with E-state index in [1.165, 1.54) is 13.8 Å². The van der Waals surface area contributed by atoms with E-state index in [2.05, 4.69) is 26.5 Å². The predicted molar refractivity (Wildman–Crippen MR) is 131 cm³/mol. The first-order valence-corrected chi connectivity index (χ1v) is 12.6. The summed E-state index contributed by atoms with van der Waals surface area (Å²) in [7, 11) is 0. The first-order chi connectivity index (χ1) is 16.3. The van der Waals surface area contributed by atoms with Gasteiger partial charge >= 0.3 is 17.9 Å². The lowest BCUT2D eigenvalue weighted by Gasteiger charge is -2.58. The lowest BCUT2D eigenvalue weighted by molar-refractivity contribution is -0.235. The molecule has 194 valence electrons. The number of rotatable bonds is 7. The molecule has 3 aliphatic rings. The molecular weight excluding hydrogens is 448 g/mol. The molecule has 1 saturated heterocycles. The Bertz CT molecular complexity index is 932. The van der Waals surface area contributed by atoms with E-state index in [-0.39, 0.29) is 23.2 Å². The van der Waals surface area contributed by atoms with Crippen molar-refractivity contribution >= 4 is 17.9 Å². The Kier molecular flexibility index (Phi) is 7.99. The van der Waals surface area contributed by atoms with Gasteiger partial charge in [0.1, 0.15) is 6.10 Å². The minimum absolute atomic E-state index is 0.0533. The average Bonchev–Trinajstić information content (AvgIpc) is 3.05. The lowest BCUT2D eigenvalue weighted by atomic mass is 9.46. The van der Waals surface area contributed by atoms with Gasteiger partial charge in [0.2, 0.25) is 12.6 Å². The monoisotopic (exact) mass is 488 g/mol. The first-order valence-electron chi connectivity index (χ1n) is 12.6. The number of carbonyl (C=O) groups is 3. The largest absolute Gasteiger partial charge is 0.458 e. The minimum atomic E-state index is -0.997. The SMILES string of the molecule is C=C/C(C)=C/C[C@]1(C)[C@H](C)CC[C@@]23C(=C[C@H](OC(=O)C(C)C)C[C@@H]12)[C@@H](OC(C)=O)O[C@H]3OC(C)=O. The van der Waals surface area contributed by atoms with Gasteiger partial charge < -0.3 is 14.2 Å². The molecule has 7 heteroatoms. The number of hydrogen-bond acceptors (Lipinski definition) is 7. The molecule has 0 unspecified atom stereocenters. The summed E-state index contributed by atoms with van der Waals surface area (Å²) in [4.78, 5) is 36.6. The molecule has 7 atom stereocenters. The molecule has 7 nitrogen and oxygen atoms in total. The molecule has 0 amide bonds. The van der Waals surface area contributed by atoms with Crippen LogP contribution in [0.25, 0.3) is 0 Å². The average molecular weight is 489 g/mol. The summed E-state index contributed by atoms with van der Waals surface area (Å²) in [5.41, 5.74) is 0.921. The third kappa shape index (κ3) is 5.11. The van der Waals surface area contributed by atoms with Gasteiger partial charge in [0.25, 0.3) is 0 Å². The van der Waals surface area contributed by atoms with E-state index in [0.29, 0.717) is 18.8 Å². The number of esters is 3. The minimum Gasteiger partial charge on any atom is -0.458 e. The van der Waals surface area contributed by atoms with Crippen molar-refractivity contribution in [2.45, 2.75) is 92.8 Å². The van der Waals surface area contributed by atoms with Crippen LogP contribution in [0.2, 0.25) is 0 Å². The van der Waals surface area contributed by atoms with Crippen LogP contribution < -0.4 is 0 Å². The zero-order valence-electron chi connectivity index (χ0n) is 22.1. The summed E-state index contributed by atoms with van der Waals surface area (Å²) < 4.78 is 23.4. The Balaban J connectivity index is 2.17. The number of allylic oxidation sites excluding steroid dienone is 3. The molecular formula is C28H40O7. The summed E-state index contributed by atoms with van der Waals surface area (Å²) in [6, 6.07) is 0. The van der Waals surface area contributed by atoms with Gasteiger partial charge in [-0.1, -0.05) is 52.0 Å². The van der Waals surface area contributed by atoms with E-state index in [0.717, 1.165) is 24.0 Å². The normalized spacial score (nSPS) is 36.5. The summed E-state index contributed by atoms with van der Waals surface area (Å²) in [5.74, 6) is -1.22. The third-order valence-electron chi connectivity index (χ3n) is 8.30. The van der Waals surface area contributed by atoms with Gasteiger partial charge in [-0.2, -0.15) is 0 Å². The smallest absolute Gasteiger partial charge is 0.308 e. The van der Waals surface area contributed by atoms with Crippen molar-refractivity contribution in [1.82, 2.24) is 0 Å². The van der Waals surface area contributed by atoms with Gasteiger partial charge in [0, 0.05) is 19.4 Å². The van der Waals surface area contributed by atoms with Crippen LogP contribution >= 0.6 is 0 Å². The summed E-state index contributed by atoms with van der Waals surface area (Å²) in [6.45, 7) is 16.7. The fraction of sp³-hybridized carbons (Fsp3) is 0.679. The highest BCUT2D eigenvalue weighted by molar-refractivity contribution is 5.72. The maximum absolute atomic E-state index is 12.6. The van der Waals surface area contributed by atoms with E-state index in [4.69, 9.17) is 18.9 Å². The Morgan fingerprint density at radius 1 is 1.17 bits per heavy atom. The molecule has 0 aromatic rings. The maximum atomic E-state index is 12.6. The van der Waals surface area contributed by atoms with Crippen molar-refractivity contribution in [1.29, 1.82) is 0 Å². The second-order valence-corrected chi connectivity index (χ2v) is 10.9. The Labute approximate surface area is 208 Å². The van der Waals surface area contributed by atoms with Crippen molar-refractivity contribution in [2.75, 3.05) is 0 Å². The highest BCUT2D eigenvalue weighted by atomic mass is 16.8. The molecule has 1 saturated carbocycles. The van der Waals surface area contributed by atoms with Crippen LogP contribution in [0.4, 0.5) is 0 Å². The fourth-order valence-corrected chi connectivity index (χ4v) is 6.10. The number of ether oxygens (including phenoxy) is 4. The van der Waals surface area contributed by atoms with E-state index in [1.807, 2.05) is 19.1 Å². The van der Waals surface area contributed by atoms with Gasteiger partial charge in [-0.3, -0.25) is 19.1 Å². The van der Waals surface area contributed by atoms with Gasteiger partial charge in [-0.05, 0) is 55.9 Å². The highest BCUT2D eigenvalue weighted by Gasteiger charge is 2.67. The third-order valence-corrected chi connectivity index (χ3v) is 8.30. The van der Waals surface area contributed by atoms with Gasteiger partial charge in [0.15, 0.2) is 0 Å². The van der Waals surface area contributed by atoms with Crippen LogP contribution in [-0.2, 0) is 33.3 Å². The molecule has 0 radical (unpaired) electrons. The van der Waals surface area contributed by atoms with Crippen LogP contribution in [-0.4, -0.2) is 36.6 Å². The van der Waals surface area contributed by atoms with Crippen molar-refractivity contribution in [3.05, 3.63) is 36.0 Å². The second-order valence-electron chi connectivity index (χ2n) is 10.9. The number of hydrogen-bond donors (Lipinski definition) is 0. The number of carbonyl (C=O) groups excluding carboxylic acids is 3. The molecule has 0 aromatic heterocycles. The summed E-state index contributed by atoms with van der Waals surface area (Å²) in [6.07, 6.45) is 6.46. The predicted octanol–water partition coefficient (Wildman–Crippen LogP) is 5.25.